The topological polar surface area (TPSA) is 55.5 Å². The van der Waals surface area contributed by atoms with Crippen LogP contribution in [0.25, 0.3) is 0 Å². The second-order valence-electron chi connectivity index (χ2n) is 4.00. The van der Waals surface area contributed by atoms with Crippen LogP contribution in [0, 0.1) is 0 Å². The normalized spacial score (nSPS) is 12.1. The van der Waals surface area contributed by atoms with E-state index in [-0.39, 0.29) is 11.7 Å². The predicted octanol–water partition coefficient (Wildman–Crippen LogP) is 2.80. The van der Waals surface area contributed by atoms with Crippen molar-refractivity contribution in [1.82, 2.24) is 0 Å². The van der Waals surface area contributed by atoms with Gasteiger partial charge in [-0.2, -0.15) is 5.90 Å². The average Bonchev–Trinajstić information content (AvgIpc) is 2.39. The Balaban J connectivity index is 2.23. The van der Waals surface area contributed by atoms with E-state index < -0.39 is 0 Å². The van der Waals surface area contributed by atoms with E-state index in [1.165, 1.54) is 5.56 Å². The van der Waals surface area contributed by atoms with Gasteiger partial charge in [-0.3, -0.25) is 0 Å². The van der Waals surface area contributed by atoms with E-state index in [4.69, 9.17) is 5.90 Å². The highest BCUT2D eigenvalue weighted by Gasteiger charge is 2.08. The molecular weight excluding hydrogens is 214 g/mol. The molecule has 0 fully saturated rings. The van der Waals surface area contributed by atoms with Gasteiger partial charge in [0.1, 0.15) is 11.5 Å². The van der Waals surface area contributed by atoms with E-state index in [1.54, 1.807) is 12.1 Å². The van der Waals surface area contributed by atoms with Crippen LogP contribution >= 0.6 is 0 Å². The Morgan fingerprint density at radius 3 is 1.88 bits per heavy atom. The minimum atomic E-state index is 0.266. The van der Waals surface area contributed by atoms with Crippen molar-refractivity contribution in [1.29, 1.82) is 0 Å². The van der Waals surface area contributed by atoms with E-state index in [0.717, 1.165) is 5.56 Å². The first kappa shape index (κ1) is 11.5. The minimum absolute atomic E-state index is 0.266. The Morgan fingerprint density at radius 1 is 0.941 bits per heavy atom. The summed E-state index contributed by atoms with van der Waals surface area (Å²) in [5, 5.41) is 9.25. The zero-order valence-corrected chi connectivity index (χ0v) is 9.63. The van der Waals surface area contributed by atoms with Crippen molar-refractivity contribution in [2.24, 2.45) is 5.90 Å². The molecule has 0 saturated carbocycles. The summed E-state index contributed by atoms with van der Waals surface area (Å²) in [7, 11) is 0. The molecule has 3 nitrogen and oxygen atoms in total. The van der Waals surface area contributed by atoms with Crippen LogP contribution in [0.3, 0.4) is 0 Å². The van der Waals surface area contributed by atoms with Crippen LogP contribution in [0.4, 0.5) is 0 Å². The number of rotatable bonds is 3. The van der Waals surface area contributed by atoms with Gasteiger partial charge in [-0.1, -0.05) is 31.2 Å². The maximum Gasteiger partial charge on any atom is 0.146 e. The van der Waals surface area contributed by atoms with Gasteiger partial charge in [0, 0.05) is 5.92 Å². The predicted molar refractivity (Wildman–Crippen MR) is 66.9 cm³/mol. The molecule has 17 heavy (non-hydrogen) atoms. The first-order chi connectivity index (χ1) is 8.20. The molecule has 0 spiro atoms. The van der Waals surface area contributed by atoms with Gasteiger partial charge in [0.15, 0.2) is 0 Å². The monoisotopic (exact) mass is 229 g/mol. The number of hydrogen-bond acceptors (Lipinski definition) is 3. The fourth-order valence-corrected chi connectivity index (χ4v) is 1.79. The minimum Gasteiger partial charge on any atom is -0.508 e. The van der Waals surface area contributed by atoms with Crippen LogP contribution in [-0.2, 0) is 0 Å². The summed E-state index contributed by atoms with van der Waals surface area (Å²) in [6.45, 7) is 2.12. The Morgan fingerprint density at radius 2 is 1.41 bits per heavy atom. The maximum atomic E-state index is 9.25. The van der Waals surface area contributed by atoms with E-state index in [9.17, 15) is 5.11 Å². The molecule has 1 unspecified atom stereocenters. The largest absolute Gasteiger partial charge is 0.508 e. The highest BCUT2D eigenvalue weighted by Crippen LogP contribution is 2.26. The molecule has 0 aliphatic carbocycles. The molecule has 2 rings (SSSR count). The molecule has 0 radical (unpaired) electrons. The summed E-state index contributed by atoms with van der Waals surface area (Å²) in [4.78, 5) is 4.64. The first-order valence-electron chi connectivity index (χ1n) is 5.46. The van der Waals surface area contributed by atoms with E-state index in [2.05, 4.69) is 11.8 Å². The van der Waals surface area contributed by atoms with E-state index >= 15 is 0 Å². The molecule has 1 atom stereocenters. The van der Waals surface area contributed by atoms with Crippen LogP contribution in [0.2, 0.25) is 0 Å². The number of phenols is 1. The molecule has 0 aliphatic heterocycles. The molecule has 3 heteroatoms. The van der Waals surface area contributed by atoms with Crippen LogP contribution in [-0.4, -0.2) is 5.11 Å². The smallest absolute Gasteiger partial charge is 0.146 e. The molecule has 2 aromatic rings. The second kappa shape index (κ2) is 4.89. The summed E-state index contributed by atoms with van der Waals surface area (Å²) in [6.07, 6.45) is 0. The molecule has 2 aromatic carbocycles. The molecule has 0 aromatic heterocycles. The molecule has 0 amide bonds. The Bertz CT molecular complexity index is 477. The molecule has 88 valence electrons. The summed E-state index contributed by atoms with van der Waals surface area (Å²) < 4.78 is 0. The van der Waals surface area contributed by atoms with Crippen molar-refractivity contribution in [3.05, 3.63) is 59.7 Å². The molecule has 0 bridgehead atoms. The number of hydrogen-bond donors (Lipinski definition) is 2. The standard InChI is InChI=1S/C14H15NO2/c1-10(11-2-6-13(16)7-3-11)12-4-8-14(17-15)9-5-12/h2-10,16H,15H2,1H3. The van der Waals surface area contributed by atoms with E-state index in [0.29, 0.717) is 5.75 Å². The fourth-order valence-electron chi connectivity index (χ4n) is 1.79. The van der Waals surface area contributed by atoms with Crippen LogP contribution < -0.4 is 10.7 Å². The highest BCUT2D eigenvalue weighted by atomic mass is 16.6. The van der Waals surface area contributed by atoms with Crippen molar-refractivity contribution >= 4 is 0 Å². The Hall–Kier alpha value is -2.00. The number of aromatic hydroxyl groups is 1. The maximum absolute atomic E-state index is 9.25. The summed E-state index contributed by atoms with van der Waals surface area (Å²) in [5.41, 5.74) is 2.33. The van der Waals surface area contributed by atoms with Crippen molar-refractivity contribution in [3.63, 3.8) is 0 Å². The third-order valence-corrected chi connectivity index (χ3v) is 2.91. The van der Waals surface area contributed by atoms with Crippen LogP contribution in [0.5, 0.6) is 11.5 Å². The van der Waals surface area contributed by atoms with Crippen molar-refractivity contribution in [3.8, 4) is 11.5 Å². The van der Waals surface area contributed by atoms with Crippen LogP contribution in [0.15, 0.2) is 48.5 Å². The second-order valence-corrected chi connectivity index (χ2v) is 4.00. The zero-order chi connectivity index (χ0) is 12.3. The lowest BCUT2D eigenvalue weighted by Gasteiger charge is -2.12. The fraction of sp³-hybridized carbons (Fsp3) is 0.143. The van der Waals surface area contributed by atoms with Crippen molar-refractivity contribution in [2.45, 2.75) is 12.8 Å². The lowest BCUT2D eigenvalue weighted by molar-refractivity contribution is 0.334. The third-order valence-electron chi connectivity index (χ3n) is 2.91. The quantitative estimate of drug-likeness (QED) is 0.796. The SMILES string of the molecule is CC(c1ccc(O)cc1)c1ccc(ON)cc1. The molecular formula is C14H15NO2. The Labute approximate surface area is 100 Å². The number of benzene rings is 2. The van der Waals surface area contributed by atoms with E-state index in [1.807, 2.05) is 36.4 Å². The Kier molecular flexibility index (Phi) is 3.30. The lowest BCUT2D eigenvalue weighted by Crippen LogP contribution is -2.02. The van der Waals surface area contributed by atoms with Gasteiger partial charge in [-0.15, -0.1) is 0 Å². The lowest BCUT2D eigenvalue weighted by atomic mass is 9.93. The van der Waals surface area contributed by atoms with Gasteiger partial charge < -0.3 is 9.94 Å². The van der Waals surface area contributed by atoms with Gasteiger partial charge in [-0.05, 0) is 35.4 Å². The van der Waals surface area contributed by atoms with Gasteiger partial charge >= 0.3 is 0 Å². The van der Waals surface area contributed by atoms with Gasteiger partial charge in [0.05, 0.1) is 0 Å². The van der Waals surface area contributed by atoms with Crippen molar-refractivity contribution in [2.75, 3.05) is 0 Å². The highest BCUT2D eigenvalue weighted by molar-refractivity contribution is 5.37. The van der Waals surface area contributed by atoms with Crippen molar-refractivity contribution < 1.29 is 9.94 Å². The summed E-state index contributed by atoms with van der Waals surface area (Å²) in [5.74, 6) is 6.27. The summed E-state index contributed by atoms with van der Waals surface area (Å²) >= 11 is 0. The molecule has 0 heterocycles. The molecule has 0 aliphatic rings. The van der Waals surface area contributed by atoms with Gasteiger partial charge in [0.2, 0.25) is 0 Å². The van der Waals surface area contributed by atoms with Gasteiger partial charge in [-0.25, -0.2) is 0 Å². The first-order valence-corrected chi connectivity index (χ1v) is 5.46. The number of nitrogens with two attached hydrogens (primary N) is 1. The average molecular weight is 229 g/mol. The van der Waals surface area contributed by atoms with Gasteiger partial charge in [0.25, 0.3) is 0 Å². The number of phenolic OH excluding ortho intramolecular Hbond substituents is 1. The molecule has 3 N–H and O–H groups in total. The summed E-state index contributed by atoms with van der Waals surface area (Å²) in [6, 6.07) is 14.9. The zero-order valence-electron chi connectivity index (χ0n) is 9.63. The van der Waals surface area contributed by atoms with Crippen LogP contribution in [0.1, 0.15) is 24.0 Å². The molecule has 0 saturated heterocycles. The third kappa shape index (κ3) is 2.57.